The second-order valence-electron chi connectivity index (χ2n) is 8.13. The van der Waals surface area contributed by atoms with Crippen LogP contribution in [0.1, 0.15) is 40.0 Å². The van der Waals surface area contributed by atoms with Gasteiger partial charge in [-0.3, -0.25) is 4.79 Å². The predicted octanol–water partition coefficient (Wildman–Crippen LogP) is 2.02. The lowest BCUT2D eigenvalue weighted by Crippen LogP contribution is -2.61. The zero-order valence-electron chi connectivity index (χ0n) is 12.8. The van der Waals surface area contributed by atoms with E-state index in [1.165, 1.54) is 19.3 Å². The van der Waals surface area contributed by atoms with E-state index in [0.29, 0.717) is 16.9 Å². The van der Waals surface area contributed by atoms with Crippen molar-refractivity contribution >= 4 is 5.91 Å². The minimum Gasteiger partial charge on any atom is -0.345 e. The Bertz CT molecular complexity index is 356. The molecule has 2 aliphatic rings. The highest BCUT2D eigenvalue weighted by Crippen LogP contribution is 2.61. The third kappa shape index (κ3) is 2.07. The first kappa shape index (κ1) is 13.9. The highest BCUT2D eigenvalue weighted by molar-refractivity contribution is 5.78. The lowest BCUT2D eigenvalue weighted by Gasteiger charge is -2.48. The van der Waals surface area contributed by atoms with Gasteiger partial charge in [0.1, 0.15) is 0 Å². The Morgan fingerprint density at radius 3 is 2.17 bits per heavy atom. The van der Waals surface area contributed by atoms with Crippen molar-refractivity contribution in [3.05, 3.63) is 0 Å². The van der Waals surface area contributed by atoms with Crippen molar-refractivity contribution in [2.45, 2.75) is 45.6 Å². The Morgan fingerprint density at radius 2 is 1.72 bits per heavy atom. The summed E-state index contributed by atoms with van der Waals surface area (Å²) in [5.41, 5.74) is 0.221. The second-order valence-corrected chi connectivity index (χ2v) is 8.13. The van der Waals surface area contributed by atoms with Gasteiger partial charge in [-0.25, -0.2) is 0 Å². The summed E-state index contributed by atoms with van der Waals surface area (Å²) in [6.07, 6.45) is 3.93. The number of quaternary nitrogens is 1. The van der Waals surface area contributed by atoms with E-state index in [1.807, 2.05) is 0 Å². The van der Waals surface area contributed by atoms with Gasteiger partial charge in [-0.1, -0.05) is 13.8 Å². The molecule has 2 saturated carbocycles. The summed E-state index contributed by atoms with van der Waals surface area (Å²) in [7, 11) is 6.19. The van der Waals surface area contributed by atoms with Crippen molar-refractivity contribution in [1.29, 1.82) is 0 Å². The molecule has 2 fully saturated rings. The standard InChI is InChI=1S/C15H28N2O/c1-14(2)11-7-8-12(9-11)15(14,3)16-13(18)10-17(4,5)6/h11-12H,7-10H2,1-6H3/p+1/t11-,12+,15+/m0/s1. The zero-order chi connectivity index (χ0) is 13.8. The van der Waals surface area contributed by atoms with E-state index in [0.717, 1.165) is 5.92 Å². The van der Waals surface area contributed by atoms with Crippen LogP contribution < -0.4 is 5.32 Å². The molecule has 1 N–H and O–H groups in total. The fourth-order valence-corrected chi connectivity index (χ4v) is 4.13. The topological polar surface area (TPSA) is 29.1 Å². The van der Waals surface area contributed by atoms with Gasteiger partial charge >= 0.3 is 0 Å². The molecule has 0 radical (unpaired) electrons. The predicted molar refractivity (Wildman–Crippen MR) is 74.1 cm³/mol. The largest absolute Gasteiger partial charge is 0.345 e. The average Bonchev–Trinajstić information content (AvgIpc) is 2.66. The lowest BCUT2D eigenvalue weighted by atomic mass is 9.64. The van der Waals surface area contributed by atoms with Crippen molar-refractivity contribution in [3.8, 4) is 0 Å². The average molecular weight is 253 g/mol. The van der Waals surface area contributed by atoms with Gasteiger partial charge in [0.05, 0.1) is 21.1 Å². The summed E-state index contributed by atoms with van der Waals surface area (Å²) < 4.78 is 0.691. The van der Waals surface area contributed by atoms with Crippen molar-refractivity contribution in [2.24, 2.45) is 17.3 Å². The smallest absolute Gasteiger partial charge is 0.275 e. The van der Waals surface area contributed by atoms with Gasteiger partial charge in [0.2, 0.25) is 0 Å². The molecule has 0 aromatic heterocycles. The van der Waals surface area contributed by atoms with E-state index >= 15 is 0 Å². The first-order valence-electron chi connectivity index (χ1n) is 7.18. The van der Waals surface area contributed by atoms with E-state index < -0.39 is 0 Å². The Labute approximate surface area is 112 Å². The maximum Gasteiger partial charge on any atom is 0.275 e. The maximum atomic E-state index is 12.3. The first-order chi connectivity index (χ1) is 8.06. The molecule has 2 aliphatic carbocycles. The SMILES string of the molecule is CC1(C)[C@H]2CC[C@H](C2)[C@@]1(C)NC(=O)C[N+](C)(C)C. The quantitative estimate of drug-likeness (QED) is 0.766. The van der Waals surface area contributed by atoms with Crippen LogP contribution >= 0.6 is 0 Å². The summed E-state index contributed by atoms with van der Waals surface area (Å²) in [6, 6.07) is 0. The Hall–Kier alpha value is -0.570. The number of nitrogens with zero attached hydrogens (tertiary/aromatic N) is 1. The monoisotopic (exact) mass is 253 g/mol. The summed E-state index contributed by atoms with van der Waals surface area (Å²) in [6.45, 7) is 7.50. The number of carbonyl (C=O) groups is 1. The number of hydrogen-bond donors (Lipinski definition) is 1. The van der Waals surface area contributed by atoms with E-state index in [4.69, 9.17) is 0 Å². The van der Waals surface area contributed by atoms with Crippen LogP contribution in [-0.4, -0.2) is 43.6 Å². The van der Waals surface area contributed by atoms with Crippen molar-refractivity contribution in [3.63, 3.8) is 0 Å². The Morgan fingerprint density at radius 1 is 1.17 bits per heavy atom. The number of nitrogens with one attached hydrogen (secondary N) is 1. The highest BCUT2D eigenvalue weighted by Gasteiger charge is 2.60. The second kappa shape index (κ2) is 3.96. The summed E-state index contributed by atoms with van der Waals surface area (Å²) in [5, 5.41) is 3.38. The van der Waals surface area contributed by atoms with Crippen molar-refractivity contribution in [1.82, 2.24) is 5.32 Å². The van der Waals surface area contributed by atoms with Gasteiger partial charge in [0, 0.05) is 5.54 Å². The molecule has 3 nitrogen and oxygen atoms in total. The molecule has 3 heteroatoms. The van der Waals surface area contributed by atoms with Gasteiger partial charge in [-0.15, -0.1) is 0 Å². The molecule has 0 aliphatic heterocycles. The number of amides is 1. The minimum absolute atomic E-state index is 0.0117. The van der Waals surface area contributed by atoms with Crippen LogP contribution in [0.4, 0.5) is 0 Å². The van der Waals surface area contributed by atoms with Crippen LogP contribution in [-0.2, 0) is 4.79 Å². The number of likely N-dealkylation sites (N-methyl/N-ethyl adjacent to an activating group) is 1. The zero-order valence-corrected chi connectivity index (χ0v) is 12.8. The first-order valence-corrected chi connectivity index (χ1v) is 7.18. The summed E-state index contributed by atoms with van der Waals surface area (Å²) >= 11 is 0. The van der Waals surface area contributed by atoms with Gasteiger partial charge in [-0.05, 0) is 43.4 Å². The van der Waals surface area contributed by atoms with Gasteiger partial charge < -0.3 is 9.80 Å². The molecule has 2 rings (SSSR count). The summed E-state index contributed by atoms with van der Waals surface area (Å²) in [5.74, 6) is 1.66. The van der Waals surface area contributed by atoms with Gasteiger partial charge in [0.15, 0.2) is 6.54 Å². The molecule has 2 bridgehead atoms. The maximum absolute atomic E-state index is 12.3. The fraction of sp³-hybridized carbons (Fsp3) is 0.933. The third-order valence-electron chi connectivity index (χ3n) is 5.63. The van der Waals surface area contributed by atoms with Gasteiger partial charge in [-0.2, -0.15) is 0 Å². The molecule has 0 aromatic carbocycles. The number of rotatable bonds is 3. The van der Waals surface area contributed by atoms with Crippen LogP contribution in [0, 0.1) is 17.3 Å². The highest BCUT2D eigenvalue weighted by atomic mass is 16.2. The van der Waals surface area contributed by atoms with Crippen LogP contribution in [0.3, 0.4) is 0 Å². The molecule has 3 atom stereocenters. The molecule has 0 saturated heterocycles. The number of hydrogen-bond acceptors (Lipinski definition) is 1. The molecular weight excluding hydrogens is 224 g/mol. The molecule has 104 valence electrons. The van der Waals surface area contributed by atoms with E-state index in [2.05, 4.69) is 47.2 Å². The fourth-order valence-electron chi connectivity index (χ4n) is 4.13. The van der Waals surface area contributed by atoms with Gasteiger partial charge in [0.25, 0.3) is 5.91 Å². The van der Waals surface area contributed by atoms with Crippen LogP contribution in [0.25, 0.3) is 0 Å². The Balaban J connectivity index is 2.10. The lowest BCUT2D eigenvalue weighted by molar-refractivity contribution is -0.862. The third-order valence-corrected chi connectivity index (χ3v) is 5.63. The molecule has 1 amide bonds. The minimum atomic E-state index is -0.0117. The van der Waals surface area contributed by atoms with E-state index in [1.54, 1.807) is 0 Å². The molecule has 0 aromatic rings. The Kier molecular flexibility index (Phi) is 3.05. The molecule has 18 heavy (non-hydrogen) atoms. The van der Waals surface area contributed by atoms with E-state index in [-0.39, 0.29) is 16.9 Å². The molecule has 0 heterocycles. The van der Waals surface area contributed by atoms with Crippen LogP contribution in [0.15, 0.2) is 0 Å². The number of carbonyl (C=O) groups excluding carboxylic acids is 1. The van der Waals surface area contributed by atoms with Crippen LogP contribution in [0.2, 0.25) is 0 Å². The van der Waals surface area contributed by atoms with Crippen molar-refractivity contribution in [2.75, 3.05) is 27.7 Å². The normalized spacial score (nSPS) is 37.9. The molecular formula is C15H29N2O+. The van der Waals surface area contributed by atoms with Crippen molar-refractivity contribution < 1.29 is 9.28 Å². The number of fused-ring (bicyclic) bond motifs is 2. The molecule has 0 unspecified atom stereocenters. The van der Waals surface area contributed by atoms with E-state index in [9.17, 15) is 4.79 Å². The molecule has 0 spiro atoms. The summed E-state index contributed by atoms with van der Waals surface area (Å²) in [4.78, 5) is 12.3. The van der Waals surface area contributed by atoms with Crippen LogP contribution in [0.5, 0.6) is 0 Å².